The lowest BCUT2D eigenvalue weighted by Crippen LogP contribution is -2.53. The van der Waals surface area contributed by atoms with Crippen molar-refractivity contribution in [3.63, 3.8) is 0 Å². The van der Waals surface area contributed by atoms with Gasteiger partial charge in [0.05, 0.1) is 12.6 Å². The number of carbonyl (C=O) groups is 4. The normalized spacial score (nSPS) is 18.3. The number of nitrogens with zero attached hydrogens (tertiary/aromatic N) is 2. The van der Waals surface area contributed by atoms with Crippen molar-refractivity contribution in [2.24, 2.45) is 11.5 Å². The van der Waals surface area contributed by atoms with E-state index in [4.69, 9.17) is 11.5 Å². The molecule has 10 heteroatoms. The zero-order valence-electron chi connectivity index (χ0n) is 14.9. The van der Waals surface area contributed by atoms with Crippen LogP contribution in [0.3, 0.4) is 0 Å². The summed E-state index contributed by atoms with van der Waals surface area (Å²) in [6, 6.07) is -1.89. The zero-order valence-corrected chi connectivity index (χ0v) is 14.9. The van der Waals surface area contributed by atoms with E-state index in [-0.39, 0.29) is 30.9 Å². The Balaban J connectivity index is 2.67. The van der Waals surface area contributed by atoms with Crippen LogP contribution in [0.5, 0.6) is 0 Å². The van der Waals surface area contributed by atoms with Gasteiger partial charge in [0.2, 0.25) is 17.7 Å². The first kappa shape index (κ1) is 20.7. The summed E-state index contributed by atoms with van der Waals surface area (Å²) in [5.41, 5.74) is 10.1. The lowest BCUT2D eigenvalue weighted by molar-refractivity contribution is -0.144. The number of primary amides is 2. The molecule has 1 saturated heterocycles. The highest BCUT2D eigenvalue weighted by atomic mass is 16.2. The van der Waals surface area contributed by atoms with Crippen molar-refractivity contribution >= 4 is 23.8 Å². The highest BCUT2D eigenvalue weighted by molar-refractivity contribution is 5.91. The highest BCUT2D eigenvalue weighted by Crippen LogP contribution is 2.17. The van der Waals surface area contributed by atoms with Crippen molar-refractivity contribution in [2.45, 2.75) is 45.3 Å². The second-order valence-corrected chi connectivity index (χ2v) is 6.31. The molecule has 2 atom stereocenters. The molecule has 6 N–H and O–H groups in total. The fourth-order valence-electron chi connectivity index (χ4n) is 2.80. The molecule has 25 heavy (non-hydrogen) atoms. The summed E-state index contributed by atoms with van der Waals surface area (Å²) in [6.45, 7) is 6.28. The molecule has 0 aromatic carbocycles. The molecule has 0 bridgehead atoms. The van der Waals surface area contributed by atoms with Gasteiger partial charge >= 0.3 is 6.03 Å². The first-order chi connectivity index (χ1) is 11.6. The molecule has 1 aliphatic rings. The van der Waals surface area contributed by atoms with E-state index in [1.165, 1.54) is 4.90 Å². The van der Waals surface area contributed by atoms with Crippen molar-refractivity contribution < 1.29 is 19.2 Å². The van der Waals surface area contributed by atoms with Gasteiger partial charge < -0.3 is 26.6 Å². The summed E-state index contributed by atoms with van der Waals surface area (Å²) >= 11 is 0. The van der Waals surface area contributed by atoms with E-state index >= 15 is 0 Å². The average Bonchev–Trinajstić information content (AvgIpc) is 2.88. The molecule has 1 fully saturated rings. The summed E-state index contributed by atoms with van der Waals surface area (Å²) in [5, 5.41) is 5.25. The lowest BCUT2D eigenvalue weighted by Gasteiger charge is -2.33. The zero-order chi connectivity index (χ0) is 19.1. The number of nitrogens with one attached hydrogen (secondary N) is 2. The maximum absolute atomic E-state index is 12.8. The molecule has 1 aliphatic heterocycles. The van der Waals surface area contributed by atoms with Gasteiger partial charge in [0.15, 0.2) is 0 Å². The van der Waals surface area contributed by atoms with Gasteiger partial charge in [0.1, 0.15) is 6.04 Å². The second kappa shape index (κ2) is 9.21. The standard InChI is InChI=1S/C15H28N6O4/c1-9(2)20(7-5-18-15(17)25)13(23)10(3)21-6-4-11(14(21)24)19-8-12(16)22/h9-11,19H,4-8H2,1-3H3,(H2,16,22)(H3,17,18,25)/t10-,11-/m0/s1. The Kier molecular flexibility index (Phi) is 7.62. The molecule has 1 heterocycles. The van der Waals surface area contributed by atoms with Crippen LogP contribution in [-0.4, -0.2) is 77.9 Å². The number of hydrogen-bond donors (Lipinski definition) is 4. The Morgan fingerprint density at radius 2 is 1.92 bits per heavy atom. The third-order valence-corrected chi connectivity index (χ3v) is 4.15. The minimum Gasteiger partial charge on any atom is -0.369 e. The monoisotopic (exact) mass is 356 g/mol. The van der Waals surface area contributed by atoms with Gasteiger partial charge in [-0.05, 0) is 27.2 Å². The number of hydrogen-bond acceptors (Lipinski definition) is 5. The van der Waals surface area contributed by atoms with E-state index in [9.17, 15) is 19.2 Å². The maximum Gasteiger partial charge on any atom is 0.312 e. The molecule has 0 aromatic rings. The maximum atomic E-state index is 12.8. The number of nitrogens with two attached hydrogens (primary N) is 2. The van der Waals surface area contributed by atoms with E-state index in [2.05, 4.69) is 10.6 Å². The largest absolute Gasteiger partial charge is 0.369 e. The third-order valence-electron chi connectivity index (χ3n) is 4.15. The number of urea groups is 1. The fourth-order valence-corrected chi connectivity index (χ4v) is 2.80. The van der Waals surface area contributed by atoms with E-state index in [1.54, 1.807) is 11.8 Å². The topological polar surface area (TPSA) is 151 Å². The van der Waals surface area contributed by atoms with Gasteiger partial charge in [0.25, 0.3) is 0 Å². The van der Waals surface area contributed by atoms with Gasteiger partial charge in [-0.25, -0.2) is 4.79 Å². The first-order valence-corrected chi connectivity index (χ1v) is 8.31. The average molecular weight is 356 g/mol. The van der Waals surface area contributed by atoms with Crippen LogP contribution in [-0.2, 0) is 14.4 Å². The van der Waals surface area contributed by atoms with E-state index in [0.29, 0.717) is 19.5 Å². The van der Waals surface area contributed by atoms with Crippen molar-refractivity contribution in [1.82, 2.24) is 20.4 Å². The summed E-state index contributed by atoms with van der Waals surface area (Å²) in [7, 11) is 0. The summed E-state index contributed by atoms with van der Waals surface area (Å²) in [6.07, 6.45) is 0.509. The lowest BCUT2D eigenvalue weighted by atomic mass is 10.2. The molecule has 0 radical (unpaired) electrons. The molecule has 142 valence electrons. The van der Waals surface area contributed by atoms with Crippen LogP contribution >= 0.6 is 0 Å². The summed E-state index contributed by atoms with van der Waals surface area (Å²) in [4.78, 5) is 49.9. The van der Waals surface area contributed by atoms with Crippen LogP contribution in [0.2, 0.25) is 0 Å². The third kappa shape index (κ3) is 5.89. The first-order valence-electron chi connectivity index (χ1n) is 8.31. The molecule has 0 saturated carbocycles. The number of amides is 5. The summed E-state index contributed by atoms with van der Waals surface area (Å²) in [5.74, 6) is -0.963. The smallest absolute Gasteiger partial charge is 0.312 e. The number of likely N-dealkylation sites (tertiary alicyclic amines) is 1. The van der Waals surface area contributed by atoms with Crippen LogP contribution in [0.1, 0.15) is 27.2 Å². The quantitative estimate of drug-likeness (QED) is 0.375. The molecule has 0 aliphatic carbocycles. The van der Waals surface area contributed by atoms with Crippen LogP contribution in [0.4, 0.5) is 4.79 Å². The van der Waals surface area contributed by atoms with Crippen LogP contribution in [0.15, 0.2) is 0 Å². The van der Waals surface area contributed by atoms with Gasteiger partial charge in [-0.2, -0.15) is 0 Å². The molecule has 0 unspecified atom stereocenters. The molecule has 5 amide bonds. The highest BCUT2D eigenvalue weighted by Gasteiger charge is 2.38. The van der Waals surface area contributed by atoms with Gasteiger partial charge in [-0.3, -0.25) is 19.7 Å². The van der Waals surface area contributed by atoms with Crippen molar-refractivity contribution in [3.05, 3.63) is 0 Å². The summed E-state index contributed by atoms with van der Waals surface area (Å²) < 4.78 is 0. The SMILES string of the molecule is CC(C)N(CCNC(N)=O)C(=O)[C@H](C)N1CC[C@H](NCC(N)=O)C1=O. The van der Waals surface area contributed by atoms with Crippen LogP contribution in [0.25, 0.3) is 0 Å². The minimum atomic E-state index is -0.651. The number of rotatable bonds is 9. The molecule has 0 aromatic heterocycles. The Hall–Kier alpha value is -2.36. The molecule has 0 spiro atoms. The predicted molar refractivity (Wildman–Crippen MR) is 91.2 cm³/mol. The van der Waals surface area contributed by atoms with Gasteiger partial charge in [-0.1, -0.05) is 0 Å². The predicted octanol–water partition coefficient (Wildman–Crippen LogP) is -2.04. The minimum absolute atomic E-state index is 0.0799. The van der Waals surface area contributed by atoms with Crippen molar-refractivity contribution in [1.29, 1.82) is 0 Å². The van der Waals surface area contributed by atoms with E-state index in [0.717, 1.165) is 0 Å². The Labute approximate surface area is 147 Å². The Bertz CT molecular complexity index is 524. The Morgan fingerprint density at radius 1 is 1.28 bits per heavy atom. The fraction of sp³-hybridized carbons (Fsp3) is 0.733. The van der Waals surface area contributed by atoms with Crippen molar-refractivity contribution in [3.8, 4) is 0 Å². The molecular formula is C15H28N6O4. The Morgan fingerprint density at radius 3 is 2.44 bits per heavy atom. The van der Waals surface area contributed by atoms with Gasteiger partial charge in [0, 0.05) is 25.7 Å². The second-order valence-electron chi connectivity index (χ2n) is 6.31. The molecule has 10 nitrogen and oxygen atoms in total. The van der Waals surface area contributed by atoms with Gasteiger partial charge in [-0.15, -0.1) is 0 Å². The molecular weight excluding hydrogens is 328 g/mol. The van der Waals surface area contributed by atoms with Crippen molar-refractivity contribution in [2.75, 3.05) is 26.2 Å². The van der Waals surface area contributed by atoms with E-state index in [1.807, 2.05) is 13.8 Å². The van der Waals surface area contributed by atoms with Crippen LogP contribution < -0.4 is 22.1 Å². The molecule has 1 rings (SSSR count). The number of carbonyl (C=O) groups excluding carboxylic acids is 4. The van der Waals surface area contributed by atoms with Crippen LogP contribution in [0, 0.1) is 0 Å². The van der Waals surface area contributed by atoms with E-state index < -0.39 is 24.0 Å².